The highest BCUT2D eigenvalue weighted by molar-refractivity contribution is 6.99. The van der Waals surface area contributed by atoms with Gasteiger partial charge in [-0.3, -0.25) is 10.00 Å². The summed E-state index contributed by atoms with van der Waals surface area (Å²) in [4.78, 5) is 20.9. The van der Waals surface area contributed by atoms with E-state index >= 15 is 0 Å². The van der Waals surface area contributed by atoms with E-state index in [1.165, 1.54) is 10.4 Å². The predicted molar refractivity (Wildman–Crippen MR) is 222 cm³/mol. The summed E-state index contributed by atoms with van der Waals surface area (Å²) in [6.45, 7) is 11.3. The highest BCUT2D eigenvalue weighted by Crippen LogP contribution is 2.37. The molecule has 1 aliphatic heterocycles. The van der Waals surface area contributed by atoms with Crippen molar-refractivity contribution in [1.82, 2.24) is 25.1 Å². The number of rotatable bonds is 17. The molecule has 3 aromatic carbocycles. The van der Waals surface area contributed by atoms with Gasteiger partial charge < -0.3 is 34.7 Å². The fraction of sp³-hybridized carbons (Fsp3) is 0.429. The molecule has 6 rings (SSSR count). The summed E-state index contributed by atoms with van der Waals surface area (Å²) >= 11 is 0. The molecule has 3 heterocycles. The SMILES string of the molecule is CCC[C@@H](CCO[Si](c1ccccc1)(c1ccccc1)C(C)(C)C)Nc1nc(NC(=O)O)nc2cnn(Cc3cc(CN[C@H]4CCOC[C@H]4O)ccc3OC)c12. The fourth-order valence-corrected chi connectivity index (χ4v) is 12.3. The zero-order chi connectivity index (χ0) is 39.7. The molecule has 2 aromatic heterocycles. The van der Waals surface area contributed by atoms with Crippen LogP contribution >= 0.6 is 0 Å². The van der Waals surface area contributed by atoms with Crippen molar-refractivity contribution in [1.29, 1.82) is 0 Å². The molecule has 0 bridgehead atoms. The van der Waals surface area contributed by atoms with Crippen molar-refractivity contribution < 1.29 is 28.9 Å². The number of nitrogens with one attached hydrogen (secondary N) is 3. The second-order valence-electron chi connectivity index (χ2n) is 15.4. The quantitative estimate of drug-likeness (QED) is 0.0729. The standard InChI is InChI=1S/C42H55N7O6Si/c1-6-13-31(20-23-55-56(42(2,3)4,32-14-9-7-10-15-32)33-16-11-8-12-17-33)45-39-38-35(46-40(47-39)48-41(51)52)26-44-49(38)27-30-24-29(18-19-37(30)53-5)25-43-34-21-22-54-28-36(34)50/h7-12,14-19,24,26,31,34,36,43,50H,6,13,20-23,25,27-28H2,1-5H3,(H,51,52)(H2,45,46,47,48)/t31-,34-,36+/m0/s1. The van der Waals surface area contributed by atoms with Gasteiger partial charge in [-0.15, -0.1) is 0 Å². The molecule has 298 valence electrons. The number of anilines is 2. The van der Waals surface area contributed by atoms with E-state index in [4.69, 9.17) is 24.0 Å². The number of ether oxygens (including phenoxy) is 2. The first-order valence-electron chi connectivity index (χ1n) is 19.4. The molecule has 3 atom stereocenters. The molecule has 13 nitrogen and oxygen atoms in total. The highest BCUT2D eigenvalue weighted by Gasteiger charge is 2.50. The van der Waals surface area contributed by atoms with Crippen LogP contribution in [0, 0.1) is 0 Å². The Morgan fingerprint density at radius 3 is 2.38 bits per heavy atom. The number of methoxy groups -OCH3 is 1. The Balaban J connectivity index is 1.29. The van der Waals surface area contributed by atoms with Gasteiger partial charge in [0, 0.05) is 37.4 Å². The molecule has 0 radical (unpaired) electrons. The average Bonchev–Trinajstić information content (AvgIpc) is 3.58. The maximum atomic E-state index is 11.7. The topological polar surface area (TPSA) is 165 Å². The minimum absolute atomic E-state index is 0.0354. The zero-order valence-electron chi connectivity index (χ0n) is 33.0. The Morgan fingerprint density at radius 1 is 1.04 bits per heavy atom. The molecule has 5 aromatic rings. The Hall–Kier alpha value is -4.86. The van der Waals surface area contributed by atoms with Gasteiger partial charge >= 0.3 is 6.09 Å². The summed E-state index contributed by atoms with van der Waals surface area (Å²) in [7, 11) is -1.11. The van der Waals surface area contributed by atoms with Crippen LogP contribution < -0.4 is 31.1 Å². The van der Waals surface area contributed by atoms with Crippen LogP contribution in [0.4, 0.5) is 16.6 Å². The number of carbonyl (C=O) groups is 1. The Bertz CT molecular complexity index is 2000. The Kier molecular flexibility index (Phi) is 13.4. The molecule has 56 heavy (non-hydrogen) atoms. The van der Waals surface area contributed by atoms with Gasteiger partial charge in [0.15, 0.2) is 5.82 Å². The van der Waals surface area contributed by atoms with E-state index in [1.807, 2.05) is 28.9 Å². The normalized spacial score (nSPS) is 16.8. The molecular weight excluding hydrogens is 727 g/mol. The minimum atomic E-state index is -2.75. The molecule has 1 saturated heterocycles. The molecule has 1 fully saturated rings. The highest BCUT2D eigenvalue weighted by atomic mass is 28.4. The fourth-order valence-electron chi connectivity index (χ4n) is 7.75. The van der Waals surface area contributed by atoms with Crippen LogP contribution in [0.15, 0.2) is 85.1 Å². The van der Waals surface area contributed by atoms with Crippen LogP contribution in [0.2, 0.25) is 5.04 Å². The van der Waals surface area contributed by atoms with Crippen molar-refractivity contribution in [3.63, 3.8) is 0 Å². The van der Waals surface area contributed by atoms with E-state index in [0.29, 0.717) is 61.9 Å². The van der Waals surface area contributed by atoms with E-state index < -0.39 is 20.5 Å². The maximum Gasteiger partial charge on any atom is 0.411 e. The number of aliphatic hydroxyl groups excluding tert-OH is 1. The summed E-state index contributed by atoms with van der Waals surface area (Å²) in [6.07, 6.45) is 2.98. The maximum absolute atomic E-state index is 11.7. The van der Waals surface area contributed by atoms with E-state index in [2.05, 4.69) is 103 Å². The third kappa shape index (κ3) is 9.39. The van der Waals surface area contributed by atoms with Crippen LogP contribution in [-0.2, 0) is 22.3 Å². The van der Waals surface area contributed by atoms with Gasteiger partial charge in [0.1, 0.15) is 16.8 Å². The largest absolute Gasteiger partial charge is 0.496 e. The van der Waals surface area contributed by atoms with Crippen molar-refractivity contribution in [2.45, 2.75) is 89.7 Å². The van der Waals surface area contributed by atoms with Gasteiger partial charge in [0.2, 0.25) is 5.95 Å². The third-order valence-corrected chi connectivity index (χ3v) is 15.5. The smallest absolute Gasteiger partial charge is 0.411 e. The van der Waals surface area contributed by atoms with Gasteiger partial charge in [-0.25, -0.2) is 9.78 Å². The van der Waals surface area contributed by atoms with Crippen LogP contribution in [0.25, 0.3) is 11.0 Å². The first-order chi connectivity index (χ1) is 27.0. The van der Waals surface area contributed by atoms with E-state index in [0.717, 1.165) is 30.4 Å². The molecule has 5 N–H and O–H groups in total. The van der Waals surface area contributed by atoms with Crippen LogP contribution in [-0.4, -0.2) is 89.5 Å². The summed E-state index contributed by atoms with van der Waals surface area (Å²) in [5, 5.41) is 36.4. The summed E-state index contributed by atoms with van der Waals surface area (Å²) in [5.74, 6) is 1.14. The van der Waals surface area contributed by atoms with Crippen molar-refractivity contribution in [2.24, 2.45) is 0 Å². The molecule has 1 amide bonds. The minimum Gasteiger partial charge on any atom is -0.496 e. The second kappa shape index (κ2) is 18.4. The lowest BCUT2D eigenvalue weighted by molar-refractivity contribution is -0.0280. The van der Waals surface area contributed by atoms with Gasteiger partial charge in [-0.05, 0) is 52.4 Å². The number of amides is 1. The predicted octanol–water partition coefficient (Wildman–Crippen LogP) is 5.76. The molecular formula is C42H55N7O6Si. The number of hydrogen-bond acceptors (Lipinski definition) is 10. The number of benzene rings is 3. The molecule has 0 unspecified atom stereocenters. The molecule has 0 aliphatic carbocycles. The monoisotopic (exact) mass is 781 g/mol. The number of hydrogen-bond donors (Lipinski definition) is 5. The van der Waals surface area contributed by atoms with Gasteiger partial charge in [-0.2, -0.15) is 10.1 Å². The number of fused-ring (bicyclic) bond motifs is 1. The van der Waals surface area contributed by atoms with Crippen LogP contribution in [0.3, 0.4) is 0 Å². The lowest BCUT2D eigenvalue weighted by Crippen LogP contribution is -2.66. The van der Waals surface area contributed by atoms with E-state index in [-0.39, 0.29) is 23.1 Å². The molecule has 0 spiro atoms. The number of carboxylic acid groups (broad SMARTS) is 1. The Morgan fingerprint density at radius 2 is 1.75 bits per heavy atom. The summed E-state index contributed by atoms with van der Waals surface area (Å²) in [5.41, 5.74) is 3.07. The van der Waals surface area contributed by atoms with Gasteiger partial charge in [-0.1, -0.05) is 101 Å². The van der Waals surface area contributed by atoms with Crippen molar-refractivity contribution in [2.75, 3.05) is 37.6 Å². The Labute approximate surface area is 330 Å². The molecule has 0 saturated carbocycles. The van der Waals surface area contributed by atoms with E-state index in [1.54, 1.807) is 13.3 Å². The first-order valence-corrected chi connectivity index (χ1v) is 21.3. The summed E-state index contributed by atoms with van der Waals surface area (Å²) < 4.78 is 20.2. The van der Waals surface area contributed by atoms with Gasteiger partial charge in [0.05, 0.1) is 32.6 Å². The summed E-state index contributed by atoms with van der Waals surface area (Å²) in [6, 6.07) is 27.1. The second-order valence-corrected chi connectivity index (χ2v) is 19.7. The number of nitrogens with zero attached hydrogens (tertiary/aromatic N) is 4. The lowest BCUT2D eigenvalue weighted by Gasteiger charge is -2.43. The third-order valence-electron chi connectivity index (χ3n) is 10.4. The zero-order valence-corrected chi connectivity index (χ0v) is 34.0. The first kappa shape index (κ1) is 40.8. The van der Waals surface area contributed by atoms with Crippen LogP contribution in [0.1, 0.15) is 64.5 Å². The molecule has 14 heteroatoms. The van der Waals surface area contributed by atoms with Crippen molar-refractivity contribution in [3.8, 4) is 5.75 Å². The number of aromatic nitrogens is 4. The van der Waals surface area contributed by atoms with Gasteiger partial charge in [0.25, 0.3) is 8.32 Å². The average molecular weight is 782 g/mol. The van der Waals surface area contributed by atoms with Crippen molar-refractivity contribution in [3.05, 3.63) is 96.2 Å². The lowest BCUT2D eigenvalue weighted by atomic mass is 10.0. The molecule has 1 aliphatic rings. The van der Waals surface area contributed by atoms with Crippen molar-refractivity contribution >= 4 is 47.6 Å². The van der Waals surface area contributed by atoms with E-state index in [9.17, 15) is 15.0 Å². The number of aliphatic hydroxyl groups is 1. The van der Waals surface area contributed by atoms with Crippen LogP contribution in [0.5, 0.6) is 5.75 Å².